The molecule has 0 atom stereocenters. The Morgan fingerprint density at radius 3 is 1.19 bits per heavy atom. The quantitative estimate of drug-likeness (QED) is 0.0505. The van der Waals surface area contributed by atoms with Crippen molar-refractivity contribution in [3.8, 4) is 88.6 Å². The third kappa shape index (κ3) is 29.8. The van der Waals surface area contributed by atoms with Crippen molar-refractivity contribution in [3.63, 3.8) is 0 Å². The van der Waals surface area contributed by atoms with Gasteiger partial charge in [-0.3, -0.25) is 19.2 Å². The second-order valence-electron chi connectivity index (χ2n) is 36.2. The predicted molar refractivity (Wildman–Crippen MR) is 572 cm³/mol. The summed E-state index contributed by atoms with van der Waals surface area (Å²) < 4.78 is 23.4. The minimum atomic E-state index is -0.125. The van der Waals surface area contributed by atoms with Crippen LogP contribution in [0, 0.1) is 52.0 Å². The molecule has 0 aliphatic heterocycles. The second kappa shape index (κ2) is 51.2. The molecular formula is C121H111Ir4N5O11S2-4. The molecule has 0 saturated heterocycles. The normalized spacial score (nSPS) is 11.3. The molecule has 4 N–H and O–H groups in total. The Morgan fingerprint density at radius 1 is 0.357 bits per heavy atom. The number of benzene rings is 10. The monoisotopic (exact) mass is 2650 g/mol. The molecule has 143 heavy (non-hydrogen) atoms. The van der Waals surface area contributed by atoms with Crippen molar-refractivity contribution in [3.05, 3.63) is 385 Å². The van der Waals surface area contributed by atoms with Gasteiger partial charge in [0.1, 0.15) is 28.3 Å². The van der Waals surface area contributed by atoms with Crippen LogP contribution in [-0.2, 0) is 117 Å². The van der Waals surface area contributed by atoms with Crippen molar-refractivity contribution < 1.29 is 133 Å². The number of para-hydroxylation sites is 2. The van der Waals surface area contributed by atoms with E-state index in [2.05, 4.69) is 297 Å². The maximum absolute atomic E-state index is 10.0. The third-order valence-corrected chi connectivity index (χ3v) is 24.5. The van der Waals surface area contributed by atoms with Gasteiger partial charge in [-0.25, -0.2) is 0 Å². The van der Waals surface area contributed by atoms with Gasteiger partial charge in [0.15, 0.2) is 23.1 Å². The van der Waals surface area contributed by atoms with Crippen molar-refractivity contribution >= 4 is 132 Å². The Bertz CT molecular complexity index is 7660. The number of allylic oxidation sites excluding steroid dienone is 8. The van der Waals surface area contributed by atoms with Gasteiger partial charge in [-0.15, -0.1) is 134 Å². The van der Waals surface area contributed by atoms with Crippen LogP contribution in [0.15, 0.2) is 340 Å². The van der Waals surface area contributed by atoms with E-state index in [1.165, 1.54) is 165 Å². The summed E-state index contributed by atoms with van der Waals surface area (Å²) in [5, 5.41) is 42.6. The van der Waals surface area contributed by atoms with Gasteiger partial charge < -0.3 is 58.2 Å². The first-order valence-corrected chi connectivity index (χ1v) is 47.1. The van der Waals surface area contributed by atoms with Gasteiger partial charge in [-0.1, -0.05) is 231 Å². The minimum absolute atomic E-state index is 0. The minimum Gasteiger partial charge on any atom is -0.512 e. The fourth-order valence-electron chi connectivity index (χ4n) is 16.0. The van der Waals surface area contributed by atoms with Gasteiger partial charge in [0.25, 0.3) is 0 Å². The molecule has 0 aliphatic carbocycles. The van der Waals surface area contributed by atoms with Gasteiger partial charge in [-0.2, -0.15) is 0 Å². The molecule has 0 unspecified atom stereocenters. The number of rotatable bonds is 12. The van der Waals surface area contributed by atoms with E-state index in [-0.39, 0.29) is 137 Å². The zero-order valence-corrected chi connectivity index (χ0v) is 94.1. The van der Waals surface area contributed by atoms with Gasteiger partial charge in [0.2, 0.25) is 0 Å². The number of aliphatic hydroxyl groups is 4. The number of aryl methyl sites for hydroxylation is 5. The summed E-state index contributed by atoms with van der Waals surface area (Å²) in [5.41, 5.74) is 25.5. The number of hydrogen-bond donors (Lipinski definition) is 4. The zero-order valence-electron chi connectivity index (χ0n) is 82.9. The summed E-state index contributed by atoms with van der Waals surface area (Å²) in [6.07, 6.45) is 12.1. The third-order valence-electron chi connectivity index (χ3n) is 22.1. The van der Waals surface area contributed by atoms with Crippen molar-refractivity contribution in [2.24, 2.45) is 7.05 Å². The summed E-state index contributed by atoms with van der Waals surface area (Å²) in [4.78, 5) is 61.3. The Kier molecular flexibility index (Phi) is 40.6. The molecule has 10 aromatic heterocycles. The summed E-state index contributed by atoms with van der Waals surface area (Å²) in [6.45, 7) is 33.2. The molecule has 20 rings (SSSR count). The molecule has 0 saturated carbocycles. The Morgan fingerprint density at radius 2 is 0.741 bits per heavy atom. The zero-order chi connectivity index (χ0) is 99.7. The smallest absolute Gasteiger partial charge is 0.155 e. The fraction of sp³-hybridized carbons (Fsp3) is 0.174. The van der Waals surface area contributed by atoms with Crippen LogP contribution in [0.2, 0.25) is 0 Å². The van der Waals surface area contributed by atoms with Crippen molar-refractivity contribution in [1.29, 1.82) is 0 Å². The van der Waals surface area contributed by atoms with Gasteiger partial charge in [0, 0.05) is 211 Å². The summed E-state index contributed by atoms with van der Waals surface area (Å²) >= 11 is 3.61. The maximum atomic E-state index is 10.0. The van der Waals surface area contributed by atoms with Crippen LogP contribution in [0.3, 0.4) is 0 Å². The van der Waals surface area contributed by atoms with Crippen molar-refractivity contribution in [1.82, 2.24) is 24.5 Å². The molecule has 0 amide bonds. The van der Waals surface area contributed by atoms with E-state index in [4.69, 9.17) is 43.6 Å². The predicted octanol–water partition coefficient (Wildman–Crippen LogP) is 32.3. The molecule has 0 spiro atoms. The van der Waals surface area contributed by atoms with Crippen LogP contribution >= 0.6 is 22.7 Å². The number of hydrogen-bond acceptors (Lipinski definition) is 17. The van der Waals surface area contributed by atoms with E-state index in [0.29, 0.717) is 0 Å². The second-order valence-corrected chi connectivity index (χ2v) is 38.3. The van der Waals surface area contributed by atoms with Crippen molar-refractivity contribution in [2.75, 3.05) is 0 Å². The van der Waals surface area contributed by atoms with E-state index in [9.17, 15) is 19.2 Å². The van der Waals surface area contributed by atoms with Crippen LogP contribution in [0.1, 0.15) is 130 Å². The molecule has 4 radical (unpaired) electrons. The average Bonchev–Trinajstić information content (AvgIpc) is 1.61. The molecule has 22 heteroatoms. The molecule has 738 valence electrons. The number of carbonyl (C=O) groups excluding carboxylic acids is 4. The average molecular weight is 2640 g/mol. The molecule has 0 aliphatic rings. The molecule has 0 bridgehead atoms. The molecule has 10 aromatic carbocycles. The maximum Gasteiger partial charge on any atom is 0.155 e. The Balaban J connectivity index is 0.000000193. The molecule has 16 nitrogen and oxygen atoms in total. The number of aromatic nitrogens is 5. The Hall–Kier alpha value is -13.2. The van der Waals surface area contributed by atoms with E-state index >= 15 is 0 Å². The first-order chi connectivity index (χ1) is 66.3. The number of fused-ring (bicyclic) bond motifs is 10. The van der Waals surface area contributed by atoms with E-state index in [1.807, 2.05) is 103 Å². The topological polar surface area (TPSA) is 245 Å². The number of aliphatic hydroxyl groups excluding tert-OH is 4. The SMILES string of the molecule is CC(=O)C=C(C)O.CC(=O)C=C(C)O.CC(=O)C=C(C)O.CC(=O)C=C(C)O.Cc1[c-]c(-c2nccc3cc(-c4ccc(C(C)(C)C)cc4)oc23)cc(C)c1.Cc1[c-]c(-c2nccc3cc(-c4ccc(C(C)(C)C)cc4)sc23)cc(C)c1.Cn1c2ccccc2c2c[c-]c(-c3nccc4cc(-c5ccccc5)sc34)cc21.[Ir].[Ir].[Ir].[Ir].[c-]1ccc2c(oc3ccccc32)c1-c1nccc2cc(-c3ccccc3)oc12. The van der Waals surface area contributed by atoms with Crippen molar-refractivity contribution in [2.45, 2.75) is 135 Å². The van der Waals surface area contributed by atoms with E-state index in [1.54, 1.807) is 17.5 Å². The van der Waals surface area contributed by atoms with Crippen LogP contribution in [0.25, 0.3) is 174 Å². The first kappa shape index (κ1) is 113. The van der Waals surface area contributed by atoms with Crippen LogP contribution < -0.4 is 0 Å². The summed E-state index contributed by atoms with van der Waals surface area (Å²) in [7, 11) is 2.13. The Labute approximate surface area is 897 Å². The van der Waals surface area contributed by atoms with Gasteiger partial charge in [0.05, 0.1) is 28.6 Å². The molecule has 0 fully saturated rings. The number of thiophene rings is 2. The summed E-state index contributed by atoms with van der Waals surface area (Å²) in [5.74, 6) is 1.44. The fourth-order valence-corrected chi connectivity index (χ4v) is 18.3. The van der Waals surface area contributed by atoms with Gasteiger partial charge >= 0.3 is 0 Å². The number of nitrogens with zero attached hydrogens (tertiary/aromatic N) is 5. The number of pyridine rings is 4. The number of furan rings is 3. The first-order valence-electron chi connectivity index (χ1n) is 45.4. The molecular weight excluding hydrogens is 2530 g/mol. The summed E-state index contributed by atoms with van der Waals surface area (Å²) in [6, 6.07) is 102. The van der Waals surface area contributed by atoms with Gasteiger partial charge in [-0.05, 0) is 171 Å². The molecule has 20 aromatic rings. The number of ketones is 4. The largest absolute Gasteiger partial charge is 0.512 e. The van der Waals surface area contributed by atoms with Crippen LogP contribution in [0.4, 0.5) is 0 Å². The molecule has 10 heterocycles. The van der Waals surface area contributed by atoms with Crippen LogP contribution in [-0.4, -0.2) is 68.1 Å². The van der Waals surface area contributed by atoms with E-state index < -0.39 is 0 Å². The van der Waals surface area contributed by atoms with E-state index in [0.717, 1.165) is 123 Å². The standard InChI is InChI=1S/C26H17N2S.C25H14NO2.C25H24NO.C25H24NS.4C5H8O2.4Ir/c1-28-22-10-6-5-9-20(22)21-12-11-18(15-23(21)28)25-26-19(13-14-27-25)16-24(29-26)17-7-3-2-4-8-17;1-2-7-16(8-3-1)22-15-17-13-14-26-23(24(17)28-22)20-11-6-10-19-18-9-4-5-12-21(18)27-25(19)20;2*1-16-12-17(2)14-20(13-16)23-24-19(10-11-26-23)15-22(27-24)18-6-8-21(9-7-18)25(3,4)5;4*1-4(6)3-5(2)7;;;;/h2-10,12-16H,1H3;1-10,12-15H;2*6-13,15H,1-5H3;4*3,6H,1-2H3;;;;/q4*-1;;;;;;;;. The number of carbonyl (C=O) groups is 4. The van der Waals surface area contributed by atoms with Crippen LogP contribution in [0.5, 0.6) is 0 Å².